The van der Waals surface area contributed by atoms with Crippen molar-refractivity contribution in [2.75, 3.05) is 0 Å². The summed E-state index contributed by atoms with van der Waals surface area (Å²) >= 11 is 0. The highest BCUT2D eigenvalue weighted by molar-refractivity contribution is 5.60. The smallest absolute Gasteiger partial charge is 0.164 e. The van der Waals surface area contributed by atoms with Gasteiger partial charge in [0.15, 0.2) is 11.6 Å². The van der Waals surface area contributed by atoms with Crippen LogP contribution in [0.15, 0.2) is 24.3 Å². The van der Waals surface area contributed by atoms with E-state index < -0.39 is 6.10 Å². The zero-order valence-electron chi connectivity index (χ0n) is 9.80. The first-order chi connectivity index (χ1) is 8.27. The summed E-state index contributed by atoms with van der Waals surface area (Å²) in [7, 11) is 0. The maximum absolute atomic E-state index is 9.87. The Morgan fingerprint density at radius 2 is 2.12 bits per heavy atom. The summed E-state index contributed by atoms with van der Waals surface area (Å²) in [6.07, 6.45) is 1.30. The van der Waals surface area contributed by atoms with E-state index in [2.05, 4.69) is 23.2 Å². The van der Waals surface area contributed by atoms with Crippen LogP contribution in [0.3, 0.4) is 0 Å². The molecule has 0 saturated carbocycles. The van der Waals surface area contributed by atoms with Gasteiger partial charge >= 0.3 is 0 Å². The van der Waals surface area contributed by atoms with Crippen LogP contribution in [0.25, 0.3) is 11.4 Å². The Bertz CT molecular complexity index is 547. The fourth-order valence-corrected chi connectivity index (χ4v) is 2.38. The molecule has 1 aromatic carbocycles. The molecule has 0 bridgehead atoms. The summed E-state index contributed by atoms with van der Waals surface area (Å²) in [4.78, 5) is 0. The molecule has 0 spiro atoms. The lowest BCUT2D eigenvalue weighted by Gasteiger charge is -2.19. The van der Waals surface area contributed by atoms with Gasteiger partial charge in [-0.1, -0.05) is 24.3 Å². The number of nitrogens with zero attached hydrogens (tertiary/aromatic N) is 3. The van der Waals surface area contributed by atoms with Gasteiger partial charge in [-0.05, 0) is 25.3 Å². The molecule has 0 saturated heterocycles. The first-order valence-electron chi connectivity index (χ1n) is 5.94. The number of fused-ring (bicyclic) bond motifs is 1. The lowest BCUT2D eigenvalue weighted by Crippen LogP contribution is -2.16. The minimum absolute atomic E-state index is 0.464. The Labute approximate surface area is 99.9 Å². The van der Waals surface area contributed by atoms with E-state index in [0.29, 0.717) is 5.82 Å². The van der Waals surface area contributed by atoms with Crippen molar-refractivity contribution < 1.29 is 5.11 Å². The van der Waals surface area contributed by atoms with E-state index in [9.17, 15) is 5.11 Å². The van der Waals surface area contributed by atoms with Crippen molar-refractivity contribution in [2.24, 2.45) is 0 Å². The van der Waals surface area contributed by atoms with Crippen LogP contribution in [-0.4, -0.2) is 19.9 Å². The van der Waals surface area contributed by atoms with Crippen LogP contribution < -0.4 is 0 Å². The van der Waals surface area contributed by atoms with Crippen LogP contribution in [0.5, 0.6) is 0 Å². The molecule has 0 aliphatic carbocycles. The Hall–Kier alpha value is -1.68. The maximum atomic E-state index is 9.87. The molecule has 0 amide bonds. The molecule has 0 fully saturated rings. The van der Waals surface area contributed by atoms with Crippen LogP contribution in [0.1, 0.15) is 30.3 Å². The minimum Gasteiger partial charge on any atom is -0.385 e. The predicted molar refractivity (Wildman–Crippen MR) is 64.4 cm³/mol. The number of aliphatic hydroxyl groups excluding tert-OH is 1. The average molecular weight is 229 g/mol. The highest BCUT2D eigenvalue weighted by Gasteiger charge is 2.24. The predicted octanol–water partition coefficient (Wildman–Crippen LogP) is 2.08. The molecule has 1 atom stereocenters. The van der Waals surface area contributed by atoms with E-state index in [0.717, 1.165) is 30.8 Å². The molecular formula is C13H15N3O. The summed E-state index contributed by atoms with van der Waals surface area (Å²) < 4.78 is 2.04. The van der Waals surface area contributed by atoms with Gasteiger partial charge in [0.05, 0.1) is 0 Å². The number of aryl methyl sites for hydroxylation is 1. The van der Waals surface area contributed by atoms with Crippen LogP contribution in [0.2, 0.25) is 0 Å². The number of aliphatic hydroxyl groups is 1. The average Bonchev–Trinajstić information content (AvgIpc) is 2.75. The van der Waals surface area contributed by atoms with Crippen molar-refractivity contribution >= 4 is 0 Å². The van der Waals surface area contributed by atoms with Crippen molar-refractivity contribution in [1.82, 2.24) is 14.8 Å². The largest absolute Gasteiger partial charge is 0.385 e. The quantitative estimate of drug-likeness (QED) is 0.814. The fourth-order valence-electron chi connectivity index (χ4n) is 2.38. The van der Waals surface area contributed by atoms with Gasteiger partial charge in [0.25, 0.3) is 0 Å². The Morgan fingerprint density at radius 1 is 1.29 bits per heavy atom. The molecule has 2 heterocycles. The first-order valence-corrected chi connectivity index (χ1v) is 5.94. The molecule has 1 N–H and O–H groups in total. The zero-order valence-corrected chi connectivity index (χ0v) is 9.80. The van der Waals surface area contributed by atoms with Crippen molar-refractivity contribution in [1.29, 1.82) is 0 Å². The number of rotatable bonds is 1. The van der Waals surface area contributed by atoms with Gasteiger partial charge in [-0.3, -0.25) is 0 Å². The summed E-state index contributed by atoms with van der Waals surface area (Å²) in [5, 5.41) is 18.2. The molecule has 0 radical (unpaired) electrons. The van der Waals surface area contributed by atoms with Gasteiger partial charge in [-0.25, -0.2) is 0 Å². The second-order valence-electron chi connectivity index (χ2n) is 4.51. The standard InChI is InChI=1S/C13H15N3O/c1-9-5-2-3-6-10(9)12-14-15-13-11(17)7-4-8-16(12)13/h2-3,5-6,11,17H,4,7-8H2,1H3. The van der Waals surface area contributed by atoms with Gasteiger partial charge in [0.1, 0.15) is 6.10 Å². The monoisotopic (exact) mass is 229 g/mol. The van der Waals surface area contributed by atoms with Crippen LogP contribution in [0.4, 0.5) is 0 Å². The summed E-state index contributed by atoms with van der Waals surface area (Å²) in [5.74, 6) is 1.58. The third-order valence-corrected chi connectivity index (χ3v) is 3.32. The van der Waals surface area contributed by atoms with Gasteiger partial charge in [-0.2, -0.15) is 0 Å². The summed E-state index contributed by atoms with van der Waals surface area (Å²) in [6, 6.07) is 8.13. The van der Waals surface area contributed by atoms with E-state index in [-0.39, 0.29) is 0 Å². The normalized spacial score (nSPS) is 19.1. The summed E-state index contributed by atoms with van der Waals surface area (Å²) in [6.45, 7) is 2.96. The maximum Gasteiger partial charge on any atom is 0.164 e. The number of aromatic nitrogens is 3. The molecule has 2 aromatic rings. The third kappa shape index (κ3) is 1.65. The zero-order chi connectivity index (χ0) is 11.8. The second-order valence-corrected chi connectivity index (χ2v) is 4.51. The topological polar surface area (TPSA) is 50.9 Å². The molecule has 4 nitrogen and oxygen atoms in total. The van der Waals surface area contributed by atoms with Crippen LogP contribution >= 0.6 is 0 Å². The molecule has 1 unspecified atom stereocenters. The van der Waals surface area contributed by atoms with Crippen molar-refractivity contribution in [3.63, 3.8) is 0 Å². The Kier molecular flexibility index (Phi) is 2.44. The molecule has 17 heavy (non-hydrogen) atoms. The molecule has 3 rings (SSSR count). The van der Waals surface area contributed by atoms with E-state index in [4.69, 9.17) is 0 Å². The van der Waals surface area contributed by atoms with Gasteiger partial charge in [-0.15, -0.1) is 10.2 Å². The molecule has 88 valence electrons. The first kappa shape index (κ1) is 10.5. The van der Waals surface area contributed by atoms with E-state index >= 15 is 0 Å². The number of benzene rings is 1. The SMILES string of the molecule is Cc1ccccc1-c1nnc2n1CCCC2O. The van der Waals surface area contributed by atoms with Gasteiger partial charge in [0, 0.05) is 12.1 Å². The Morgan fingerprint density at radius 3 is 2.94 bits per heavy atom. The molecular weight excluding hydrogens is 214 g/mol. The fraction of sp³-hybridized carbons (Fsp3) is 0.385. The number of hydrogen-bond donors (Lipinski definition) is 1. The van der Waals surface area contributed by atoms with E-state index in [1.807, 2.05) is 22.8 Å². The van der Waals surface area contributed by atoms with E-state index in [1.165, 1.54) is 5.56 Å². The van der Waals surface area contributed by atoms with Gasteiger partial charge < -0.3 is 9.67 Å². The molecule has 1 aromatic heterocycles. The molecule has 1 aliphatic heterocycles. The van der Waals surface area contributed by atoms with E-state index in [1.54, 1.807) is 0 Å². The van der Waals surface area contributed by atoms with Crippen LogP contribution in [0, 0.1) is 6.92 Å². The second kappa shape index (κ2) is 3.96. The minimum atomic E-state index is -0.464. The molecule has 1 aliphatic rings. The Balaban J connectivity index is 2.14. The molecule has 4 heteroatoms. The highest BCUT2D eigenvalue weighted by atomic mass is 16.3. The third-order valence-electron chi connectivity index (χ3n) is 3.32. The van der Waals surface area contributed by atoms with Gasteiger partial charge in [0.2, 0.25) is 0 Å². The van der Waals surface area contributed by atoms with Crippen LogP contribution in [-0.2, 0) is 6.54 Å². The number of hydrogen-bond acceptors (Lipinski definition) is 3. The lowest BCUT2D eigenvalue weighted by molar-refractivity contribution is 0.134. The highest BCUT2D eigenvalue weighted by Crippen LogP contribution is 2.29. The van der Waals surface area contributed by atoms with Crippen molar-refractivity contribution in [3.05, 3.63) is 35.7 Å². The van der Waals surface area contributed by atoms with Crippen molar-refractivity contribution in [2.45, 2.75) is 32.4 Å². The van der Waals surface area contributed by atoms with Crippen molar-refractivity contribution in [3.8, 4) is 11.4 Å². The summed E-state index contributed by atoms with van der Waals surface area (Å²) in [5.41, 5.74) is 2.28. The lowest BCUT2D eigenvalue weighted by atomic mass is 10.1.